The SMILES string of the molecule is COCCN1CCCC2(CCN(Cc3nc4ncccn4n3)C2)C1=O. The van der Waals surface area contributed by atoms with Crippen LogP contribution in [0.3, 0.4) is 0 Å². The Balaban J connectivity index is 1.44. The van der Waals surface area contributed by atoms with E-state index in [-0.39, 0.29) is 5.41 Å². The summed E-state index contributed by atoms with van der Waals surface area (Å²) in [6.07, 6.45) is 6.53. The molecule has 4 rings (SSSR count). The Hall–Kier alpha value is -2.06. The first kappa shape index (κ1) is 16.4. The number of methoxy groups -OCH3 is 1. The van der Waals surface area contributed by atoms with E-state index in [2.05, 4.69) is 20.0 Å². The Morgan fingerprint density at radius 2 is 2.24 bits per heavy atom. The number of likely N-dealkylation sites (tertiary alicyclic amines) is 2. The predicted octanol–water partition coefficient (Wildman–Crippen LogP) is 0.585. The van der Waals surface area contributed by atoms with Gasteiger partial charge in [-0.25, -0.2) is 9.50 Å². The van der Waals surface area contributed by atoms with Crippen LogP contribution in [-0.2, 0) is 16.1 Å². The van der Waals surface area contributed by atoms with Crippen LogP contribution in [-0.4, -0.2) is 75.2 Å². The van der Waals surface area contributed by atoms with Crippen LogP contribution < -0.4 is 0 Å². The number of hydrogen-bond donors (Lipinski definition) is 0. The smallest absolute Gasteiger partial charge is 0.252 e. The number of piperidine rings is 1. The van der Waals surface area contributed by atoms with Crippen molar-refractivity contribution in [2.24, 2.45) is 5.41 Å². The zero-order valence-corrected chi connectivity index (χ0v) is 14.6. The van der Waals surface area contributed by atoms with Crippen molar-refractivity contribution in [3.63, 3.8) is 0 Å². The molecule has 0 radical (unpaired) electrons. The minimum absolute atomic E-state index is 0.233. The van der Waals surface area contributed by atoms with E-state index in [0.717, 1.165) is 44.7 Å². The first-order chi connectivity index (χ1) is 12.2. The largest absolute Gasteiger partial charge is 0.383 e. The molecule has 2 aromatic heterocycles. The number of aromatic nitrogens is 4. The zero-order chi connectivity index (χ0) is 17.3. The van der Waals surface area contributed by atoms with Gasteiger partial charge < -0.3 is 9.64 Å². The molecular weight excluding hydrogens is 320 g/mol. The number of carbonyl (C=O) groups is 1. The maximum absolute atomic E-state index is 13.0. The third-order valence-corrected chi connectivity index (χ3v) is 5.35. The highest BCUT2D eigenvalue weighted by molar-refractivity contribution is 5.84. The number of ether oxygens (including phenoxy) is 1. The summed E-state index contributed by atoms with van der Waals surface area (Å²) in [7, 11) is 1.68. The van der Waals surface area contributed by atoms with Crippen LogP contribution in [0.5, 0.6) is 0 Å². The molecule has 0 aliphatic carbocycles. The molecule has 0 N–H and O–H groups in total. The minimum Gasteiger partial charge on any atom is -0.383 e. The number of nitrogens with zero attached hydrogens (tertiary/aromatic N) is 6. The van der Waals surface area contributed by atoms with Gasteiger partial charge in [-0.1, -0.05) is 0 Å². The number of amides is 1. The van der Waals surface area contributed by atoms with Crippen molar-refractivity contribution in [1.29, 1.82) is 0 Å². The van der Waals surface area contributed by atoms with Crippen molar-refractivity contribution in [3.8, 4) is 0 Å². The quantitative estimate of drug-likeness (QED) is 0.790. The Morgan fingerprint density at radius 3 is 3.08 bits per heavy atom. The molecule has 25 heavy (non-hydrogen) atoms. The molecule has 2 aliphatic rings. The van der Waals surface area contributed by atoms with Crippen LogP contribution in [0.25, 0.3) is 5.78 Å². The van der Waals surface area contributed by atoms with Crippen molar-refractivity contribution in [2.75, 3.05) is 39.9 Å². The number of rotatable bonds is 5. The summed E-state index contributed by atoms with van der Waals surface area (Å²) in [4.78, 5) is 25.9. The van der Waals surface area contributed by atoms with E-state index in [1.54, 1.807) is 17.8 Å². The van der Waals surface area contributed by atoms with Gasteiger partial charge in [0.15, 0.2) is 5.82 Å². The fourth-order valence-corrected chi connectivity index (χ4v) is 4.08. The second-order valence-electron chi connectivity index (χ2n) is 7.02. The summed E-state index contributed by atoms with van der Waals surface area (Å²) in [5, 5.41) is 4.47. The first-order valence-electron chi connectivity index (χ1n) is 8.87. The summed E-state index contributed by atoms with van der Waals surface area (Å²) in [5.74, 6) is 1.67. The molecule has 1 unspecified atom stereocenters. The summed E-state index contributed by atoms with van der Waals surface area (Å²) >= 11 is 0. The monoisotopic (exact) mass is 344 g/mol. The van der Waals surface area contributed by atoms with E-state index < -0.39 is 0 Å². The molecule has 2 aromatic rings. The summed E-state index contributed by atoms with van der Waals surface area (Å²) in [6, 6.07) is 1.84. The highest BCUT2D eigenvalue weighted by Crippen LogP contribution is 2.40. The molecule has 2 fully saturated rings. The fraction of sp³-hybridized carbons (Fsp3) is 0.647. The van der Waals surface area contributed by atoms with E-state index in [4.69, 9.17) is 4.74 Å². The zero-order valence-electron chi connectivity index (χ0n) is 14.6. The third-order valence-electron chi connectivity index (χ3n) is 5.35. The van der Waals surface area contributed by atoms with E-state index in [1.807, 2.05) is 17.2 Å². The van der Waals surface area contributed by atoms with Crippen molar-refractivity contribution >= 4 is 11.7 Å². The molecule has 4 heterocycles. The van der Waals surface area contributed by atoms with Crippen LogP contribution >= 0.6 is 0 Å². The molecule has 0 aromatic carbocycles. The molecular formula is C17H24N6O2. The Bertz CT molecular complexity index is 729. The van der Waals surface area contributed by atoms with Gasteiger partial charge in [0, 0.05) is 39.1 Å². The summed E-state index contributed by atoms with van der Waals surface area (Å²) < 4.78 is 6.84. The molecule has 1 amide bonds. The molecule has 0 saturated carbocycles. The molecule has 2 saturated heterocycles. The second kappa shape index (κ2) is 6.68. The minimum atomic E-state index is -0.233. The maximum Gasteiger partial charge on any atom is 0.252 e. The lowest BCUT2D eigenvalue weighted by Gasteiger charge is -2.39. The molecule has 0 bridgehead atoms. The second-order valence-corrected chi connectivity index (χ2v) is 7.02. The summed E-state index contributed by atoms with van der Waals surface area (Å²) in [6.45, 7) is 4.51. The Morgan fingerprint density at radius 1 is 1.32 bits per heavy atom. The van der Waals surface area contributed by atoms with Crippen LogP contribution in [0, 0.1) is 5.41 Å². The van der Waals surface area contributed by atoms with Gasteiger partial charge in [0.05, 0.1) is 18.6 Å². The van der Waals surface area contributed by atoms with Gasteiger partial charge in [0.2, 0.25) is 5.91 Å². The van der Waals surface area contributed by atoms with Gasteiger partial charge in [-0.3, -0.25) is 9.69 Å². The molecule has 2 aliphatic heterocycles. The van der Waals surface area contributed by atoms with Crippen LogP contribution in [0.1, 0.15) is 25.1 Å². The third kappa shape index (κ3) is 3.11. The van der Waals surface area contributed by atoms with E-state index in [9.17, 15) is 4.79 Å². The predicted molar refractivity (Wildman–Crippen MR) is 90.8 cm³/mol. The van der Waals surface area contributed by atoms with E-state index in [0.29, 0.717) is 31.4 Å². The van der Waals surface area contributed by atoms with Crippen molar-refractivity contribution in [2.45, 2.75) is 25.8 Å². The van der Waals surface area contributed by atoms with Crippen molar-refractivity contribution < 1.29 is 9.53 Å². The number of fused-ring (bicyclic) bond motifs is 1. The number of hydrogen-bond acceptors (Lipinski definition) is 6. The highest BCUT2D eigenvalue weighted by atomic mass is 16.5. The maximum atomic E-state index is 13.0. The van der Waals surface area contributed by atoms with Gasteiger partial charge in [0.1, 0.15) is 0 Å². The van der Waals surface area contributed by atoms with E-state index in [1.165, 1.54) is 0 Å². The van der Waals surface area contributed by atoms with Crippen LogP contribution in [0.15, 0.2) is 18.5 Å². The lowest BCUT2D eigenvalue weighted by atomic mass is 9.78. The van der Waals surface area contributed by atoms with Gasteiger partial charge in [-0.2, -0.15) is 4.98 Å². The van der Waals surface area contributed by atoms with Crippen LogP contribution in [0.2, 0.25) is 0 Å². The van der Waals surface area contributed by atoms with Gasteiger partial charge in [-0.05, 0) is 31.9 Å². The average molecular weight is 344 g/mol. The van der Waals surface area contributed by atoms with Crippen molar-refractivity contribution in [3.05, 3.63) is 24.3 Å². The van der Waals surface area contributed by atoms with Gasteiger partial charge in [-0.15, -0.1) is 5.10 Å². The molecule has 1 atom stereocenters. The van der Waals surface area contributed by atoms with E-state index >= 15 is 0 Å². The van der Waals surface area contributed by atoms with Crippen LogP contribution in [0.4, 0.5) is 0 Å². The first-order valence-corrected chi connectivity index (χ1v) is 8.87. The number of carbonyl (C=O) groups excluding carboxylic acids is 1. The topological polar surface area (TPSA) is 75.9 Å². The molecule has 8 nitrogen and oxygen atoms in total. The molecule has 8 heteroatoms. The normalized spacial score (nSPS) is 24.7. The standard InChI is InChI=1S/C17H24N6O2/c1-25-11-10-22-7-2-4-17(15(22)24)5-9-21(13-17)12-14-19-16-18-6-3-8-23(16)20-14/h3,6,8H,2,4-5,7,9-13H2,1H3. The van der Waals surface area contributed by atoms with Gasteiger partial charge >= 0.3 is 0 Å². The molecule has 134 valence electrons. The Kier molecular flexibility index (Phi) is 4.39. The fourth-order valence-electron chi connectivity index (χ4n) is 4.08. The van der Waals surface area contributed by atoms with Crippen molar-refractivity contribution in [1.82, 2.24) is 29.4 Å². The highest BCUT2D eigenvalue weighted by Gasteiger charge is 2.48. The Labute approximate surface area is 146 Å². The summed E-state index contributed by atoms with van der Waals surface area (Å²) in [5.41, 5.74) is -0.233. The van der Waals surface area contributed by atoms with Gasteiger partial charge in [0.25, 0.3) is 5.78 Å². The molecule has 1 spiro atoms. The lowest BCUT2D eigenvalue weighted by molar-refractivity contribution is -0.146. The average Bonchev–Trinajstić information content (AvgIpc) is 3.21. The lowest BCUT2D eigenvalue weighted by Crippen LogP contribution is -2.50.